The van der Waals surface area contributed by atoms with Crippen LogP contribution in [-0.4, -0.2) is 22.8 Å². The molecule has 1 aromatic carbocycles. The van der Waals surface area contributed by atoms with E-state index in [0.717, 1.165) is 37.7 Å². The van der Waals surface area contributed by atoms with Gasteiger partial charge in [-0.3, -0.25) is 14.5 Å². The molecule has 2 aliphatic rings. The van der Waals surface area contributed by atoms with Gasteiger partial charge in [-0.05, 0) is 24.5 Å². The summed E-state index contributed by atoms with van der Waals surface area (Å²) in [7, 11) is 0. The Morgan fingerprint density at radius 2 is 1.74 bits per heavy atom. The molecule has 4 nitrogen and oxygen atoms in total. The minimum absolute atomic E-state index is 0.0207. The number of benzene rings is 1. The zero-order valence-electron chi connectivity index (χ0n) is 12.6. The van der Waals surface area contributed by atoms with Crippen molar-refractivity contribution in [1.82, 2.24) is 10.2 Å². The highest BCUT2D eigenvalue weighted by molar-refractivity contribution is 6.47. The molecule has 1 saturated carbocycles. The van der Waals surface area contributed by atoms with E-state index in [9.17, 15) is 9.59 Å². The normalized spacial score (nSPS) is 19.7. The van der Waals surface area contributed by atoms with Gasteiger partial charge < -0.3 is 5.32 Å². The van der Waals surface area contributed by atoms with Crippen LogP contribution in [0.25, 0.3) is 0 Å². The minimum atomic E-state index is -0.384. The number of carbonyl (C=O) groups is 2. The van der Waals surface area contributed by atoms with E-state index in [4.69, 9.17) is 23.2 Å². The predicted molar refractivity (Wildman–Crippen MR) is 89.9 cm³/mol. The molecule has 1 aromatic rings. The molecular formula is C17H18Cl2N2O2. The molecule has 0 saturated heterocycles. The Kier molecular flexibility index (Phi) is 4.93. The third-order valence-corrected chi connectivity index (χ3v) is 5.13. The Labute approximate surface area is 145 Å². The Morgan fingerprint density at radius 1 is 1.04 bits per heavy atom. The van der Waals surface area contributed by atoms with Crippen molar-refractivity contribution in [2.45, 2.75) is 44.7 Å². The first kappa shape index (κ1) is 16.3. The lowest BCUT2D eigenvalue weighted by atomic mass is 9.94. The quantitative estimate of drug-likeness (QED) is 0.842. The molecule has 0 aromatic heterocycles. The van der Waals surface area contributed by atoms with Gasteiger partial charge >= 0.3 is 0 Å². The summed E-state index contributed by atoms with van der Waals surface area (Å²) in [5, 5.41) is 3.58. The van der Waals surface area contributed by atoms with Crippen LogP contribution < -0.4 is 5.32 Å². The summed E-state index contributed by atoms with van der Waals surface area (Å²) >= 11 is 12.2. The summed E-state index contributed by atoms with van der Waals surface area (Å²) in [6, 6.07) is 7.33. The van der Waals surface area contributed by atoms with Gasteiger partial charge in [-0.15, -0.1) is 0 Å². The predicted octanol–water partition coefficient (Wildman–Crippen LogP) is 3.58. The number of amides is 2. The Bertz CT molecular complexity index is 666. The summed E-state index contributed by atoms with van der Waals surface area (Å²) < 4.78 is 0. The summed E-state index contributed by atoms with van der Waals surface area (Å²) in [4.78, 5) is 26.3. The zero-order valence-corrected chi connectivity index (χ0v) is 14.2. The second kappa shape index (κ2) is 6.93. The molecule has 1 heterocycles. The zero-order chi connectivity index (χ0) is 16.4. The molecule has 1 aliphatic heterocycles. The van der Waals surface area contributed by atoms with Gasteiger partial charge in [0.25, 0.3) is 11.8 Å². The number of carbonyl (C=O) groups excluding carboxylic acids is 2. The molecule has 1 N–H and O–H groups in total. The summed E-state index contributed by atoms with van der Waals surface area (Å²) in [5.41, 5.74) is 1.03. The molecule has 122 valence electrons. The minimum Gasteiger partial charge on any atom is -0.375 e. The Balaban J connectivity index is 1.73. The topological polar surface area (TPSA) is 49.4 Å². The van der Waals surface area contributed by atoms with Gasteiger partial charge in [-0.25, -0.2) is 0 Å². The number of nitrogens with zero attached hydrogens (tertiary/aromatic N) is 1. The van der Waals surface area contributed by atoms with Gasteiger partial charge in [-0.1, -0.05) is 60.7 Å². The van der Waals surface area contributed by atoms with Crippen LogP contribution in [0.1, 0.15) is 37.7 Å². The molecule has 23 heavy (non-hydrogen) atoms. The second-order valence-electron chi connectivity index (χ2n) is 5.91. The fourth-order valence-electron chi connectivity index (χ4n) is 3.17. The van der Waals surface area contributed by atoms with Crippen molar-refractivity contribution >= 4 is 35.0 Å². The number of hydrogen-bond donors (Lipinski definition) is 1. The number of hydrogen-bond acceptors (Lipinski definition) is 3. The lowest BCUT2D eigenvalue weighted by Gasteiger charge is -2.29. The van der Waals surface area contributed by atoms with Crippen molar-refractivity contribution in [1.29, 1.82) is 0 Å². The van der Waals surface area contributed by atoms with E-state index >= 15 is 0 Å². The molecule has 0 atom stereocenters. The van der Waals surface area contributed by atoms with E-state index in [-0.39, 0.29) is 28.6 Å². The number of rotatable bonds is 4. The smallest absolute Gasteiger partial charge is 0.278 e. The van der Waals surface area contributed by atoms with Crippen LogP contribution in [0, 0.1) is 0 Å². The van der Waals surface area contributed by atoms with Crippen LogP contribution in [-0.2, 0) is 16.1 Å². The second-order valence-corrected chi connectivity index (χ2v) is 6.69. The van der Waals surface area contributed by atoms with E-state index in [1.165, 1.54) is 4.90 Å². The van der Waals surface area contributed by atoms with E-state index in [1.807, 2.05) is 18.2 Å². The van der Waals surface area contributed by atoms with E-state index in [0.29, 0.717) is 11.6 Å². The molecule has 0 unspecified atom stereocenters. The number of imide groups is 1. The maximum Gasteiger partial charge on any atom is 0.278 e. The number of halogens is 2. The molecule has 1 fully saturated rings. The summed E-state index contributed by atoms with van der Waals surface area (Å²) in [6.07, 6.45) is 4.97. The van der Waals surface area contributed by atoms with Gasteiger partial charge in [0, 0.05) is 17.6 Å². The van der Waals surface area contributed by atoms with Crippen molar-refractivity contribution < 1.29 is 9.59 Å². The molecule has 2 amide bonds. The first-order chi connectivity index (χ1) is 11.1. The average molecular weight is 353 g/mol. The highest BCUT2D eigenvalue weighted by Gasteiger charge is 2.41. The van der Waals surface area contributed by atoms with Gasteiger partial charge in [0.2, 0.25) is 0 Å². The fraction of sp³-hybridized carbons (Fsp3) is 0.412. The van der Waals surface area contributed by atoms with Gasteiger partial charge in [0.15, 0.2) is 0 Å². The Hall–Kier alpha value is -1.52. The fourth-order valence-corrected chi connectivity index (χ4v) is 3.61. The lowest BCUT2D eigenvalue weighted by Crippen LogP contribution is -2.43. The van der Waals surface area contributed by atoms with Gasteiger partial charge in [-0.2, -0.15) is 0 Å². The van der Waals surface area contributed by atoms with Crippen LogP contribution in [0.4, 0.5) is 0 Å². The molecular weight excluding hydrogens is 335 g/mol. The molecule has 3 rings (SSSR count). The van der Waals surface area contributed by atoms with Crippen LogP contribution in [0.5, 0.6) is 0 Å². The molecule has 6 heteroatoms. The van der Waals surface area contributed by atoms with Gasteiger partial charge in [0.1, 0.15) is 10.7 Å². The van der Waals surface area contributed by atoms with Crippen molar-refractivity contribution in [3.63, 3.8) is 0 Å². The maximum absolute atomic E-state index is 12.6. The molecule has 0 radical (unpaired) electrons. The van der Waals surface area contributed by atoms with Crippen LogP contribution in [0.15, 0.2) is 35.0 Å². The maximum atomic E-state index is 12.6. The first-order valence-electron chi connectivity index (χ1n) is 7.84. The summed E-state index contributed by atoms with van der Waals surface area (Å²) in [6.45, 7) is 0.350. The monoisotopic (exact) mass is 352 g/mol. The van der Waals surface area contributed by atoms with E-state index in [2.05, 4.69) is 5.32 Å². The number of nitrogens with one attached hydrogen (secondary N) is 1. The van der Waals surface area contributed by atoms with Crippen molar-refractivity contribution in [2.75, 3.05) is 0 Å². The lowest BCUT2D eigenvalue weighted by molar-refractivity contribution is -0.140. The van der Waals surface area contributed by atoms with Crippen LogP contribution in [0.2, 0.25) is 5.02 Å². The average Bonchev–Trinajstić information content (AvgIpc) is 2.78. The van der Waals surface area contributed by atoms with E-state index in [1.54, 1.807) is 6.07 Å². The largest absolute Gasteiger partial charge is 0.375 e. The van der Waals surface area contributed by atoms with Crippen LogP contribution in [0.3, 0.4) is 0 Å². The van der Waals surface area contributed by atoms with Crippen LogP contribution >= 0.6 is 23.2 Å². The highest BCUT2D eigenvalue weighted by Crippen LogP contribution is 2.31. The first-order valence-corrected chi connectivity index (χ1v) is 8.60. The molecule has 0 bridgehead atoms. The highest BCUT2D eigenvalue weighted by atomic mass is 35.5. The van der Waals surface area contributed by atoms with E-state index < -0.39 is 0 Å². The van der Waals surface area contributed by atoms with Crippen molar-refractivity contribution in [3.8, 4) is 0 Å². The third-order valence-electron chi connectivity index (χ3n) is 4.41. The standard InChI is InChI=1S/C17H18Cl2N2O2/c18-13-9-5-4-6-11(13)10-20-15-14(19)16(22)21(17(15)23)12-7-2-1-3-8-12/h4-6,9,12,20H,1-3,7-8,10H2. The molecule has 0 spiro atoms. The Morgan fingerprint density at radius 3 is 2.43 bits per heavy atom. The summed E-state index contributed by atoms with van der Waals surface area (Å²) in [5.74, 6) is -0.704. The molecule has 1 aliphatic carbocycles. The third kappa shape index (κ3) is 3.24. The van der Waals surface area contributed by atoms with Crippen molar-refractivity contribution in [3.05, 3.63) is 45.6 Å². The van der Waals surface area contributed by atoms with Gasteiger partial charge in [0.05, 0.1) is 0 Å². The SMILES string of the molecule is O=C1C(Cl)=C(NCc2ccccc2Cl)C(=O)N1C1CCCCC1. The van der Waals surface area contributed by atoms with Crippen molar-refractivity contribution in [2.24, 2.45) is 0 Å².